The number of benzene rings is 1. The van der Waals surface area contributed by atoms with Gasteiger partial charge in [-0.05, 0) is 31.2 Å². The van der Waals surface area contributed by atoms with Crippen molar-refractivity contribution in [2.45, 2.75) is 20.0 Å². The summed E-state index contributed by atoms with van der Waals surface area (Å²) in [6.45, 7) is 3.14. The van der Waals surface area contributed by atoms with Crippen molar-refractivity contribution in [1.82, 2.24) is 29.0 Å². The van der Waals surface area contributed by atoms with Crippen LogP contribution in [0.1, 0.15) is 21.9 Å². The number of thiazole rings is 1. The van der Waals surface area contributed by atoms with Gasteiger partial charge in [-0.15, -0.1) is 11.3 Å². The smallest absolute Gasteiger partial charge is 0.275 e. The molecule has 0 fully saturated rings. The lowest BCUT2D eigenvalue weighted by Gasteiger charge is -2.29. The van der Waals surface area contributed by atoms with Gasteiger partial charge in [-0.1, -0.05) is 18.2 Å². The third kappa shape index (κ3) is 3.41. The molecular weight excluding hydrogens is 448 g/mol. The predicted octanol–water partition coefficient (Wildman–Crippen LogP) is 3.67. The van der Waals surface area contributed by atoms with Crippen molar-refractivity contribution in [3.05, 3.63) is 94.0 Å². The number of amides is 1. The van der Waals surface area contributed by atoms with E-state index >= 15 is 0 Å². The molecule has 168 valence electrons. The van der Waals surface area contributed by atoms with Crippen LogP contribution in [0, 0.1) is 6.92 Å². The number of imidazole rings is 1. The maximum absolute atomic E-state index is 13.2. The van der Waals surface area contributed by atoms with Crippen molar-refractivity contribution in [1.29, 1.82) is 0 Å². The van der Waals surface area contributed by atoms with Crippen molar-refractivity contribution in [3.63, 3.8) is 0 Å². The molecule has 9 heteroatoms. The van der Waals surface area contributed by atoms with Gasteiger partial charge in [-0.25, -0.2) is 9.97 Å². The van der Waals surface area contributed by atoms with Crippen molar-refractivity contribution in [2.75, 3.05) is 6.54 Å². The fourth-order valence-electron chi connectivity index (χ4n) is 4.34. The molecule has 6 rings (SSSR count). The highest BCUT2D eigenvalue weighted by Crippen LogP contribution is 2.30. The molecule has 0 unspecified atom stereocenters. The molecule has 8 nitrogen and oxygen atoms in total. The summed E-state index contributed by atoms with van der Waals surface area (Å²) in [5.41, 5.74) is 4.23. The highest BCUT2D eigenvalue weighted by Gasteiger charge is 2.27. The lowest BCUT2D eigenvalue weighted by molar-refractivity contribution is 0.0684. The minimum atomic E-state index is -0.192. The average Bonchev–Trinajstić information content (AvgIpc) is 3.50. The van der Waals surface area contributed by atoms with Gasteiger partial charge >= 0.3 is 0 Å². The van der Waals surface area contributed by atoms with Crippen LogP contribution in [0.25, 0.3) is 27.2 Å². The lowest BCUT2D eigenvalue weighted by atomic mass is 10.1. The highest BCUT2D eigenvalue weighted by molar-refractivity contribution is 7.13. The number of fused-ring (bicyclic) bond motifs is 2. The first-order valence-corrected chi connectivity index (χ1v) is 11.8. The van der Waals surface area contributed by atoms with Crippen LogP contribution in [0.3, 0.4) is 0 Å². The summed E-state index contributed by atoms with van der Waals surface area (Å²) >= 11 is 1.54. The number of para-hydroxylation sites is 1. The van der Waals surface area contributed by atoms with Crippen LogP contribution in [0.4, 0.5) is 0 Å². The van der Waals surface area contributed by atoms with Crippen LogP contribution in [-0.4, -0.2) is 41.4 Å². The number of carbonyl (C=O) groups is 1. The van der Waals surface area contributed by atoms with Crippen LogP contribution in [-0.2, 0) is 13.1 Å². The van der Waals surface area contributed by atoms with Gasteiger partial charge in [0.05, 0.1) is 29.8 Å². The number of nitrogens with zero attached hydrogens (tertiary/aromatic N) is 6. The average molecular weight is 469 g/mol. The van der Waals surface area contributed by atoms with Crippen molar-refractivity contribution >= 4 is 28.1 Å². The molecule has 0 spiro atoms. The third-order valence-electron chi connectivity index (χ3n) is 6.01. The van der Waals surface area contributed by atoms with E-state index < -0.39 is 0 Å². The van der Waals surface area contributed by atoms with Crippen LogP contribution in [0.2, 0.25) is 0 Å². The van der Waals surface area contributed by atoms with Crippen LogP contribution < -0.4 is 5.56 Å². The van der Waals surface area contributed by atoms with Crippen LogP contribution >= 0.6 is 11.3 Å². The Morgan fingerprint density at radius 2 is 1.91 bits per heavy atom. The first-order chi connectivity index (χ1) is 16.6. The van der Waals surface area contributed by atoms with Gasteiger partial charge in [0, 0.05) is 41.8 Å². The summed E-state index contributed by atoms with van der Waals surface area (Å²) in [6, 6.07) is 13.4. The van der Waals surface area contributed by atoms with Gasteiger partial charge in [0.15, 0.2) is 0 Å². The normalized spacial score (nSPS) is 13.4. The summed E-state index contributed by atoms with van der Waals surface area (Å²) in [6.07, 6.45) is 5.19. The van der Waals surface area contributed by atoms with Gasteiger partial charge in [-0.3, -0.25) is 14.6 Å². The Labute approximate surface area is 198 Å². The Balaban J connectivity index is 1.26. The maximum Gasteiger partial charge on any atom is 0.275 e. The fraction of sp³-hybridized carbons (Fsp3) is 0.160. The SMILES string of the molecule is Cc1cn(-c2ccc3n(c2=O)CCN(Cc2csc(-c4cccc5cccnc45)n2)C3=O)cn1. The fourth-order valence-corrected chi connectivity index (χ4v) is 5.17. The minimum absolute atomic E-state index is 0.168. The second-order valence-electron chi connectivity index (χ2n) is 8.23. The van der Waals surface area contributed by atoms with E-state index in [9.17, 15) is 9.59 Å². The summed E-state index contributed by atoms with van der Waals surface area (Å²) in [5, 5.41) is 3.92. The van der Waals surface area contributed by atoms with E-state index in [2.05, 4.69) is 9.97 Å². The number of hydrogen-bond donors (Lipinski definition) is 0. The first-order valence-electron chi connectivity index (χ1n) is 10.9. The highest BCUT2D eigenvalue weighted by atomic mass is 32.1. The number of pyridine rings is 2. The molecular formula is C25H20N6O2S. The van der Waals surface area contributed by atoms with Crippen molar-refractivity contribution in [3.8, 4) is 16.3 Å². The van der Waals surface area contributed by atoms with Gasteiger partial charge in [0.25, 0.3) is 11.5 Å². The van der Waals surface area contributed by atoms with E-state index in [-0.39, 0.29) is 11.5 Å². The summed E-state index contributed by atoms with van der Waals surface area (Å²) in [5.74, 6) is -0.168. The Bertz CT molecular complexity index is 1610. The second kappa shape index (κ2) is 8.03. The largest absolute Gasteiger partial charge is 0.330 e. The molecule has 4 aromatic heterocycles. The van der Waals surface area contributed by atoms with E-state index in [1.165, 1.54) is 0 Å². The molecule has 0 N–H and O–H groups in total. The standard InChI is InChI=1S/C25H20N6O2S/c1-16-12-30(15-27-16)20-7-8-21-24(32)29(10-11-31(21)25(20)33)13-18-14-34-23(28-18)19-6-2-4-17-5-3-9-26-22(17)19/h2-9,12,14-15H,10-11,13H2,1H3. The minimum Gasteiger partial charge on any atom is -0.330 e. The molecule has 0 saturated carbocycles. The van der Waals surface area contributed by atoms with Crippen LogP contribution in [0.15, 0.2) is 71.4 Å². The van der Waals surface area contributed by atoms with Gasteiger partial charge in [0.2, 0.25) is 0 Å². The van der Waals surface area contributed by atoms with Gasteiger partial charge in [0.1, 0.15) is 16.4 Å². The zero-order valence-electron chi connectivity index (χ0n) is 18.4. The zero-order valence-corrected chi connectivity index (χ0v) is 19.2. The van der Waals surface area contributed by atoms with Crippen LogP contribution in [0.5, 0.6) is 0 Å². The Hall–Kier alpha value is -4.11. The maximum atomic E-state index is 13.2. The van der Waals surface area contributed by atoms with Crippen molar-refractivity contribution < 1.29 is 4.79 Å². The van der Waals surface area contributed by atoms with E-state index in [0.29, 0.717) is 31.0 Å². The molecule has 0 aliphatic carbocycles. The van der Waals surface area contributed by atoms with Gasteiger partial charge < -0.3 is 14.0 Å². The Morgan fingerprint density at radius 3 is 2.76 bits per heavy atom. The van der Waals surface area contributed by atoms with E-state index in [4.69, 9.17) is 4.98 Å². The molecule has 1 aliphatic heterocycles. The first kappa shape index (κ1) is 20.5. The summed E-state index contributed by atoms with van der Waals surface area (Å²) in [4.78, 5) is 41.5. The van der Waals surface area contributed by atoms with E-state index in [1.54, 1.807) is 56.2 Å². The molecule has 0 bridgehead atoms. The number of carbonyl (C=O) groups excluding carboxylic acids is 1. The summed E-state index contributed by atoms with van der Waals surface area (Å²) in [7, 11) is 0. The number of aromatic nitrogens is 5. The monoisotopic (exact) mass is 468 g/mol. The Morgan fingerprint density at radius 1 is 1.03 bits per heavy atom. The third-order valence-corrected chi connectivity index (χ3v) is 6.94. The summed E-state index contributed by atoms with van der Waals surface area (Å²) < 4.78 is 3.25. The van der Waals surface area contributed by atoms with Gasteiger partial charge in [-0.2, -0.15) is 0 Å². The van der Waals surface area contributed by atoms with E-state index in [0.717, 1.165) is 32.9 Å². The molecule has 5 aromatic rings. The molecule has 1 amide bonds. The topological polar surface area (TPSA) is 85.9 Å². The quantitative estimate of drug-likeness (QED) is 0.402. The Kier molecular flexibility index (Phi) is 4.84. The molecule has 0 atom stereocenters. The predicted molar refractivity (Wildman–Crippen MR) is 130 cm³/mol. The molecule has 1 aromatic carbocycles. The zero-order chi connectivity index (χ0) is 23.2. The lowest BCUT2D eigenvalue weighted by Crippen LogP contribution is -2.44. The number of aryl methyl sites for hydroxylation is 1. The van der Waals surface area contributed by atoms with Crippen molar-refractivity contribution in [2.24, 2.45) is 0 Å². The molecule has 5 heterocycles. The number of hydrogen-bond acceptors (Lipinski definition) is 6. The molecule has 0 radical (unpaired) electrons. The molecule has 34 heavy (non-hydrogen) atoms. The second-order valence-corrected chi connectivity index (χ2v) is 9.09. The molecule has 1 aliphatic rings. The van der Waals surface area contributed by atoms with E-state index in [1.807, 2.05) is 42.6 Å². The number of rotatable bonds is 4. The molecule has 0 saturated heterocycles.